The number of amides is 1. The van der Waals surface area contributed by atoms with Crippen LogP contribution in [-0.4, -0.2) is 5.91 Å². The van der Waals surface area contributed by atoms with Crippen LogP contribution in [0.3, 0.4) is 0 Å². The first kappa shape index (κ1) is 11.6. The van der Waals surface area contributed by atoms with Crippen molar-refractivity contribution in [2.24, 2.45) is 5.73 Å². The third-order valence-electron chi connectivity index (χ3n) is 1.65. The van der Waals surface area contributed by atoms with Gasteiger partial charge in [-0.3, -0.25) is 4.79 Å². The first-order valence-electron chi connectivity index (χ1n) is 3.91. The van der Waals surface area contributed by atoms with E-state index in [0.29, 0.717) is 15.6 Å². The van der Waals surface area contributed by atoms with Crippen molar-refractivity contribution in [3.05, 3.63) is 39.4 Å². The summed E-state index contributed by atoms with van der Waals surface area (Å²) in [6.45, 7) is 0. The minimum atomic E-state index is -0.788. The van der Waals surface area contributed by atoms with Gasteiger partial charge < -0.3 is 5.73 Å². The summed E-state index contributed by atoms with van der Waals surface area (Å²) in [4.78, 5) is 10.8. The van der Waals surface area contributed by atoms with Crippen molar-refractivity contribution in [1.82, 2.24) is 0 Å². The summed E-state index contributed by atoms with van der Waals surface area (Å²) in [5, 5.41) is 9.45. The second-order valence-corrected chi connectivity index (χ2v) is 3.54. The SMILES string of the molecule is N#C/C(=C\c1ccc(Cl)cc1Cl)C(N)=O. The van der Waals surface area contributed by atoms with Crippen LogP contribution in [0.5, 0.6) is 0 Å². The first-order chi connectivity index (χ1) is 7.04. The fourth-order valence-electron chi connectivity index (χ4n) is 0.933. The third kappa shape index (κ3) is 2.98. The Bertz CT molecular complexity index is 475. The van der Waals surface area contributed by atoms with Gasteiger partial charge in [0.25, 0.3) is 5.91 Å². The van der Waals surface area contributed by atoms with Crippen LogP contribution in [0.4, 0.5) is 0 Å². The van der Waals surface area contributed by atoms with Crippen LogP contribution in [0, 0.1) is 11.3 Å². The zero-order chi connectivity index (χ0) is 11.4. The third-order valence-corrected chi connectivity index (χ3v) is 2.21. The van der Waals surface area contributed by atoms with Gasteiger partial charge in [-0.25, -0.2) is 0 Å². The molecule has 0 heterocycles. The second kappa shape index (κ2) is 4.83. The quantitative estimate of drug-likeness (QED) is 0.638. The summed E-state index contributed by atoms with van der Waals surface area (Å²) < 4.78 is 0. The van der Waals surface area contributed by atoms with E-state index in [-0.39, 0.29) is 5.57 Å². The molecule has 76 valence electrons. The largest absolute Gasteiger partial charge is 0.365 e. The maximum absolute atomic E-state index is 10.8. The van der Waals surface area contributed by atoms with Gasteiger partial charge in [0.15, 0.2) is 0 Å². The number of carbonyl (C=O) groups excluding carboxylic acids is 1. The Balaban J connectivity index is 3.19. The van der Waals surface area contributed by atoms with E-state index in [1.54, 1.807) is 18.2 Å². The van der Waals surface area contributed by atoms with E-state index in [9.17, 15) is 4.79 Å². The smallest absolute Gasteiger partial charge is 0.259 e. The van der Waals surface area contributed by atoms with Gasteiger partial charge in [-0.15, -0.1) is 0 Å². The Labute approximate surface area is 96.7 Å². The van der Waals surface area contributed by atoms with Gasteiger partial charge >= 0.3 is 0 Å². The summed E-state index contributed by atoms with van der Waals surface area (Å²) in [5.41, 5.74) is 5.35. The molecule has 1 amide bonds. The van der Waals surface area contributed by atoms with Crippen molar-refractivity contribution in [1.29, 1.82) is 5.26 Å². The predicted molar refractivity (Wildman–Crippen MR) is 59.2 cm³/mol. The van der Waals surface area contributed by atoms with Crippen molar-refractivity contribution >= 4 is 35.2 Å². The minimum Gasteiger partial charge on any atom is -0.365 e. The van der Waals surface area contributed by atoms with Crippen LogP contribution >= 0.6 is 23.2 Å². The molecule has 0 aromatic heterocycles. The van der Waals surface area contributed by atoms with Crippen LogP contribution in [0.15, 0.2) is 23.8 Å². The standard InChI is InChI=1S/C10H6Cl2N2O/c11-8-2-1-6(9(12)4-8)3-7(5-13)10(14)15/h1-4H,(H2,14,15)/b7-3+. The van der Waals surface area contributed by atoms with Crippen molar-refractivity contribution in [3.63, 3.8) is 0 Å². The van der Waals surface area contributed by atoms with Crippen LogP contribution in [0.2, 0.25) is 10.0 Å². The number of rotatable bonds is 2. The molecule has 0 unspecified atom stereocenters. The highest BCUT2D eigenvalue weighted by atomic mass is 35.5. The number of hydrogen-bond acceptors (Lipinski definition) is 2. The number of carbonyl (C=O) groups is 1. The number of benzene rings is 1. The predicted octanol–water partition coefficient (Wildman–Crippen LogP) is 2.39. The molecule has 0 aliphatic rings. The fraction of sp³-hybridized carbons (Fsp3) is 0. The van der Waals surface area contributed by atoms with E-state index in [1.165, 1.54) is 12.1 Å². The highest BCUT2D eigenvalue weighted by molar-refractivity contribution is 6.35. The average Bonchev–Trinajstić information content (AvgIpc) is 2.16. The summed E-state index contributed by atoms with van der Waals surface area (Å²) >= 11 is 11.5. The molecule has 0 aliphatic carbocycles. The van der Waals surface area contributed by atoms with E-state index in [2.05, 4.69) is 0 Å². The zero-order valence-corrected chi connectivity index (χ0v) is 9.01. The van der Waals surface area contributed by atoms with Gasteiger partial charge in [-0.2, -0.15) is 5.26 Å². The number of nitrogens with zero attached hydrogens (tertiary/aromatic N) is 1. The molecule has 15 heavy (non-hydrogen) atoms. The molecule has 0 spiro atoms. The molecular formula is C10H6Cl2N2O. The summed E-state index contributed by atoms with van der Waals surface area (Å²) in [6.07, 6.45) is 1.32. The highest BCUT2D eigenvalue weighted by Gasteiger charge is 2.05. The van der Waals surface area contributed by atoms with Crippen LogP contribution in [0.1, 0.15) is 5.56 Å². The van der Waals surface area contributed by atoms with E-state index in [4.69, 9.17) is 34.2 Å². The molecule has 0 atom stereocenters. The van der Waals surface area contributed by atoms with Crippen LogP contribution in [0.25, 0.3) is 6.08 Å². The highest BCUT2D eigenvalue weighted by Crippen LogP contribution is 2.22. The molecule has 0 saturated carbocycles. The molecular weight excluding hydrogens is 235 g/mol. The maximum Gasteiger partial charge on any atom is 0.259 e. The van der Waals surface area contributed by atoms with Gasteiger partial charge in [0.2, 0.25) is 0 Å². The lowest BCUT2D eigenvalue weighted by Crippen LogP contribution is -2.12. The normalized spacial score (nSPS) is 10.9. The maximum atomic E-state index is 10.8. The molecule has 0 bridgehead atoms. The van der Waals surface area contributed by atoms with E-state index >= 15 is 0 Å². The van der Waals surface area contributed by atoms with E-state index in [1.807, 2.05) is 0 Å². The lowest BCUT2D eigenvalue weighted by Gasteiger charge is -1.99. The van der Waals surface area contributed by atoms with Crippen molar-refractivity contribution in [2.75, 3.05) is 0 Å². The Morgan fingerprint density at radius 3 is 2.60 bits per heavy atom. The van der Waals surface area contributed by atoms with Gasteiger partial charge in [-0.05, 0) is 23.8 Å². The van der Waals surface area contributed by atoms with Gasteiger partial charge in [0.1, 0.15) is 11.6 Å². The average molecular weight is 241 g/mol. The Hall–Kier alpha value is -1.50. The Kier molecular flexibility index (Phi) is 3.73. The first-order valence-corrected chi connectivity index (χ1v) is 4.67. The molecule has 0 aliphatic heterocycles. The molecule has 1 aromatic carbocycles. The van der Waals surface area contributed by atoms with E-state index < -0.39 is 5.91 Å². The molecule has 2 N–H and O–H groups in total. The monoisotopic (exact) mass is 240 g/mol. The molecule has 5 heteroatoms. The number of primary amides is 1. The number of hydrogen-bond donors (Lipinski definition) is 1. The lowest BCUT2D eigenvalue weighted by atomic mass is 10.1. The van der Waals surface area contributed by atoms with Crippen molar-refractivity contribution in [2.45, 2.75) is 0 Å². The van der Waals surface area contributed by atoms with Crippen molar-refractivity contribution in [3.8, 4) is 6.07 Å². The summed E-state index contributed by atoms with van der Waals surface area (Å²) in [7, 11) is 0. The molecule has 0 radical (unpaired) electrons. The van der Waals surface area contributed by atoms with Gasteiger partial charge in [0, 0.05) is 10.0 Å². The van der Waals surface area contributed by atoms with Gasteiger partial charge in [-0.1, -0.05) is 29.3 Å². The zero-order valence-electron chi connectivity index (χ0n) is 7.50. The minimum absolute atomic E-state index is 0.153. The van der Waals surface area contributed by atoms with Crippen LogP contribution in [-0.2, 0) is 4.79 Å². The number of nitrogens with two attached hydrogens (primary N) is 1. The number of nitriles is 1. The molecule has 1 aromatic rings. The Morgan fingerprint density at radius 1 is 1.47 bits per heavy atom. The topological polar surface area (TPSA) is 66.9 Å². The second-order valence-electron chi connectivity index (χ2n) is 2.70. The van der Waals surface area contributed by atoms with Crippen molar-refractivity contribution < 1.29 is 4.79 Å². The lowest BCUT2D eigenvalue weighted by molar-refractivity contribution is -0.114. The number of halogens is 2. The summed E-state index contributed by atoms with van der Waals surface area (Å²) in [6, 6.07) is 6.41. The molecule has 0 saturated heterocycles. The van der Waals surface area contributed by atoms with E-state index in [0.717, 1.165) is 0 Å². The van der Waals surface area contributed by atoms with Gasteiger partial charge in [0.05, 0.1) is 0 Å². The Morgan fingerprint density at radius 2 is 2.13 bits per heavy atom. The van der Waals surface area contributed by atoms with Crippen LogP contribution < -0.4 is 5.73 Å². The molecule has 0 fully saturated rings. The molecule has 1 rings (SSSR count). The fourth-order valence-corrected chi connectivity index (χ4v) is 1.40. The summed E-state index contributed by atoms with van der Waals surface area (Å²) in [5.74, 6) is -0.788. The molecule has 3 nitrogen and oxygen atoms in total.